The molecule has 6 atom stereocenters. The largest absolute Gasteiger partial charge is 0.396 e. The minimum Gasteiger partial charge on any atom is -0.396 e. The summed E-state index contributed by atoms with van der Waals surface area (Å²) < 4.78 is -0.652. The average molecular weight is 601 g/mol. The summed E-state index contributed by atoms with van der Waals surface area (Å²) in [5, 5.41) is 15.2. The molecule has 3 saturated heterocycles. The van der Waals surface area contributed by atoms with Crippen molar-refractivity contribution in [1.29, 1.82) is 0 Å². The van der Waals surface area contributed by atoms with E-state index in [0.29, 0.717) is 25.2 Å². The zero-order chi connectivity index (χ0) is 26.7. The van der Waals surface area contributed by atoms with Crippen molar-refractivity contribution in [3.05, 3.63) is 66.2 Å². The molecular weight excluding hydrogens is 566 g/mol. The van der Waals surface area contributed by atoms with Crippen molar-refractivity contribution in [3.63, 3.8) is 0 Å². The first-order chi connectivity index (χ1) is 18.5. The van der Waals surface area contributed by atoms with Gasteiger partial charge in [-0.25, -0.2) is 0 Å². The summed E-state index contributed by atoms with van der Waals surface area (Å²) >= 11 is 5.46. The number of fused-ring (bicyclic) bond motifs is 1. The number of amides is 3. The molecule has 2 aromatic rings. The normalized spacial score (nSPS) is 29.4. The van der Waals surface area contributed by atoms with E-state index >= 15 is 0 Å². The topological polar surface area (TPSA) is 98.7 Å². The number of halogens is 1. The zero-order valence-corrected chi connectivity index (χ0v) is 23.6. The molecule has 2 aromatic carbocycles. The van der Waals surface area contributed by atoms with E-state index in [9.17, 15) is 14.4 Å². The molecule has 3 fully saturated rings. The molecule has 7 nitrogen and oxygen atoms in total. The van der Waals surface area contributed by atoms with Gasteiger partial charge in [0, 0.05) is 35.5 Å². The Hall–Kier alpha value is -2.36. The molecule has 5 rings (SSSR count). The van der Waals surface area contributed by atoms with Gasteiger partial charge in [-0.2, -0.15) is 0 Å². The van der Waals surface area contributed by atoms with Crippen molar-refractivity contribution in [1.82, 2.24) is 10.2 Å². The van der Waals surface area contributed by atoms with E-state index in [1.807, 2.05) is 60.7 Å². The maximum atomic E-state index is 14.1. The summed E-state index contributed by atoms with van der Waals surface area (Å²) in [7, 11) is 0. The molecule has 1 spiro atoms. The van der Waals surface area contributed by atoms with Crippen LogP contribution < -0.4 is 10.6 Å². The van der Waals surface area contributed by atoms with Gasteiger partial charge in [-0.1, -0.05) is 77.3 Å². The number of aliphatic hydroxyl groups excluding tert-OH is 1. The average Bonchev–Trinajstić information content (AvgIpc) is 3.52. The van der Waals surface area contributed by atoms with E-state index in [0.717, 1.165) is 31.2 Å². The third-order valence-corrected chi connectivity index (χ3v) is 11.2. The Morgan fingerprint density at radius 1 is 1.00 bits per heavy atom. The molecule has 3 aliphatic rings. The molecule has 0 aliphatic carbocycles. The third-order valence-electron chi connectivity index (χ3n) is 8.00. The van der Waals surface area contributed by atoms with Crippen LogP contribution >= 0.6 is 27.7 Å². The summed E-state index contributed by atoms with van der Waals surface area (Å²) in [5.41, 5.74) is 1.70. The first-order valence-corrected chi connectivity index (χ1v) is 15.2. The zero-order valence-electron chi connectivity index (χ0n) is 21.2. The maximum Gasteiger partial charge on any atom is 0.244 e. The van der Waals surface area contributed by atoms with Gasteiger partial charge in [0.25, 0.3) is 0 Å². The van der Waals surface area contributed by atoms with Crippen LogP contribution in [0.4, 0.5) is 5.69 Å². The standard InChI is InChI=1S/C29H34BrN3O4S/c30-21-17-29-23(22(24(21)38-29)26(35)32-20-13-7-4-8-14-20)28(37)33(15-9-1-2-10-16-34)25(29)27(36)31-18-19-11-5-3-6-12-19/h3-8,11-14,21-25,34H,1-2,9-10,15-18H2,(H,31,36)(H,32,35)/t21?,22-,23+,24-,25?,29?/m1/s1. The van der Waals surface area contributed by atoms with Crippen LogP contribution in [0.2, 0.25) is 0 Å². The number of hydrogen-bond donors (Lipinski definition) is 3. The van der Waals surface area contributed by atoms with Gasteiger partial charge in [0.2, 0.25) is 17.7 Å². The Morgan fingerprint density at radius 3 is 2.39 bits per heavy atom. The van der Waals surface area contributed by atoms with Gasteiger partial charge < -0.3 is 20.6 Å². The summed E-state index contributed by atoms with van der Waals surface area (Å²) in [4.78, 5) is 43.3. The molecule has 0 radical (unpaired) electrons. The second-order valence-corrected chi connectivity index (χ2v) is 13.1. The lowest BCUT2D eigenvalue weighted by molar-refractivity contribution is -0.139. The summed E-state index contributed by atoms with van der Waals surface area (Å²) in [5.74, 6) is -1.47. The van der Waals surface area contributed by atoms with Gasteiger partial charge in [0.15, 0.2) is 0 Å². The van der Waals surface area contributed by atoms with Crippen LogP contribution in [-0.4, -0.2) is 61.7 Å². The number of carbonyl (C=O) groups is 3. The first kappa shape index (κ1) is 27.2. The predicted molar refractivity (Wildman–Crippen MR) is 153 cm³/mol. The van der Waals surface area contributed by atoms with E-state index in [4.69, 9.17) is 5.11 Å². The Balaban J connectivity index is 1.41. The number of anilines is 1. The van der Waals surface area contributed by atoms with Crippen molar-refractivity contribution in [3.8, 4) is 0 Å². The quantitative estimate of drug-likeness (QED) is 0.268. The number of benzene rings is 2. The molecule has 9 heteroatoms. The number of carbonyl (C=O) groups excluding carboxylic acids is 3. The summed E-state index contributed by atoms with van der Waals surface area (Å²) in [6.45, 7) is 1.01. The van der Waals surface area contributed by atoms with Gasteiger partial charge >= 0.3 is 0 Å². The van der Waals surface area contributed by atoms with Crippen LogP contribution in [0.25, 0.3) is 0 Å². The molecule has 3 unspecified atom stereocenters. The minimum absolute atomic E-state index is 0.0389. The molecule has 202 valence electrons. The van der Waals surface area contributed by atoms with Gasteiger partial charge in [0.1, 0.15) is 6.04 Å². The van der Waals surface area contributed by atoms with Crippen LogP contribution in [0.15, 0.2) is 60.7 Å². The van der Waals surface area contributed by atoms with Crippen molar-refractivity contribution in [2.45, 2.75) is 59.5 Å². The first-order valence-electron chi connectivity index (χ1n) is 13.4. The van der Waals surface area contributed by atoms with Crippen LogP contribution in [0.5, 0.6) is 0 Å². The van der Waals surface area contributed by atoms with Gasteiger partial charge in [0.05, 0.1) is 16.6 Å². The Kier molecular flexibility index (Phi) is 8.45. The smallest absolute Gasteiger partial charge is 0.244 e. The Morgan fingerprint density at radius 2 is 1.68 bits per heavy atom. The molecule has 0 saturated carbocycles. The molecular formula is C29H34BrN3O4S. The molecule has 3 N–H and O–H groups in total. The van der Waals surface area contributed by atoms with Crippen molar-refractivity contribution >= 4 is 51.1 Å². The van der Waals surface area contributed by atoms with Crippen molar-refractivity contribution in [2.75, 3.05) is 18.5 Å². The van der Waals surface area contributed by atoms with E-state index < -0.39 is 22.6 Å². The van der Waals surface area contributed by atoms with Crippen LogP contribution in [0.3, 0.4) is 0 Å². The van der Waals surface area contributed by atoms with Gasteiger partial charge in [-0.05, 0) is 37.0 Å². The molecule has 0 aromatic heterocycles. The number of rotatable bonds is 11. The fraction of sp³-hybridized carbons (Fsp3) is 0.483. The summed E-state index contributed by atoms with van der Waals surface area (Å²) in [6.07, 6.45) is 3.89. The highest BCUT2D eigenvalue weighted by Gasteiger charge is 2.75. The second-order valence-electron chi connectivity index (χ2n) is 10.4. The van der Waals surface area contributed by atoms with Crippen molar-refractivity contribution < 1.29 is 19.5 Å². The fourth-order valence-corrected chi connectivity index (χ4v) is 9.96. The van der Waals surface area contributed by atoms with Crippen molar-refractivity contribution in [2.24, 2.45) is 11.8 Å². The van der Waals surface area contributed by atoms with Crippen LogP contribution in [-0.2, 0) is 20.9 Å². The highest BCUT2D eigenvalue weighted by Crippen LogP contribution is 2.67. The maximum absolute atomic E-state index is 14.1. The number of para-hydroxylation sites is 1. The van der Waals surface area contributed by atoms with E-state index in [1.165, 1.54) is 0 Å². The van der Waals surface area contributed by atoms with E-state index in [1.54, 1.807) is 16.7 Å². The second kappa shape index (κ2) is 11.8. The minimum atomic E-state index is -0.652. The van der Waals surface area contributed by atoms with Gasteiger partial charge in [-0.3, -0.25) is 14.4 Å². The molecule has 38 heavy (non-hydrogen) atoms. The molecule has 2 bridgehead atoms. The number of aliphatic hydroxyl groups is 1. The molecule has 3 amide bonds. The molecule has 3 aliphatic heterocycles. The van der Waals surface area contributed by atoms with E-state index in [-0.39, 0.29) is 34.4 Å². The number of thioether (sulfide) groups is 1. The number of nitrogens with zero attached hydrogens (tertiary/aromatic N) is 1. The number of likely N-dealkylation sites (tertiary alicyclic amines) is 1. The van der Waals surface area contributed by atoms with Crippen LogP contribution in [0.1, 0.15) is 37.7 Å². The third kappa shape index (κ3) is 5.12. The Bertz CT molecular complexity index is 1150. The number of nitrogens with one attached hydrogen (secondary N) is 2. The lowest BCUT2D eigenvalue weighted by atomic mass is 9.70. The number of alkyl halides is 1. The van der Waals surface area contributed by atoms with Crippen LogP contribution in [0, 0.1) is 11.8 Å². The lowest BCUT2D eigenvalue weighted by Crippen LogP contribution is -2.54. The van der Waals surface area contributed by atoms with Gasteiger partial charge in [-0.15, -0.1) is 11.8 Å². The highest BCUT2D eigenvalue weighted by atomic mass is 79.9. The predicted octanol–water partition coefficient (Wildman–Crippen LogP) is 3.96. The number of hydrogen-bond acceptors (Lipinski definition) is 5. The number of unbranched alkanes of at least 4 members (excludes halogenated alkanes) is 3. The Labute approximate surface area is 236 Å². The monoisotopic (exact) mass is 599 g/mol. The van der Waals surface area contributed by atoms with E-state index in [2.05, 4.69) is 26.6 Å². The SMILES string of the molecule is O=C(NCc1ccccc1)C1N(CCCCCCO)C(=O)[C@@H]2[C@@H](C(=O)Nc3ccccc3)[C@@H]3SC12CC3Br. The molecule has 3 heterocycles. The lowest BCUT2D eigenvalue weighted by Gasteiger charge is -2.35. The fourth-order valence-electron chi connectivity index (χ4n) is 6.35. The summed E-state index contributed by atoms with van der Waals surface area (Å²) in [6, 6.07) is 18.4. The highest BCUT2D eigenvalue weighted by molar-refractivity contribution is 9.09.